The second-order valence-corrected chi connectivity index (χ2v) is 6.37. The number of amides is 1. The minimum absolute atomic E-state index is 0.106. The molecule has 6 nitrogen and oxygen atoms in total. The lowest BCUT2D eigenvalue weighted by Gasteiger charge is -2.27. The van der Waals surface area contributed by atoms with Gasteiger partial charge in [0.2, 0.25) is 0 Å². The Balaban J connectivity index is 1.52. The maximum absolute atomic E-state index is 12.5. The van der Waals surface area contributed by atoms with E-state index in [1.807, 2.05) is 18.2 Å². The summed E-state index contributed by atoms with van der Waals surface area (Å²) in [6.45, 7) is 0.619. The first kappa shape index (κ1) is 16.6. The first-order valence-electron chi connectivity index (χ1n) is 8.67. The van der Waals surface area contributed by atoms with Gasteiger partial charge in [-0.2, -0.15) is 0 Å². The third-order valence-corrected chi connectivity index (χ3v) is 4.72. The second-order valence-electron chi connectivity index (χ2n) is 6.37. The molecule has 1 amide bonds. The fourth-order valence-corrected chi connectivity index (χ4v) is 3.39. The van der Waals surface area contributed by atoms with Crippen LogP contribution >= 0.6 is 0 Å². The molecular weight excluding hydrogens is 304 g/mol. The minimum atomic E-state index is -0.164. The molecular formula is C18H24N4O2. The molecule has 3 rings (SSSR count). The van der Waals surface area contributed by atoms with Crippen LogP contribution in [0.15, 0.2) is 36.7 Å². The highest BCUT2D eigenvalue weighted by Crippen LogP contribution is 2.27. The van der Waals surface area contributed by atoms with Crippen molar-refractivity contribution in [3.8, 4) is 5.69 Å². The van der Waals surface area contributed by atoms with Crippen LogP contribution in [0.25, 0.3) is 5.69 Å². The zero-order valence-electron chi connectivity index (χ0n) is 13.8. The number of aliphatic hydroxyl groups is 1. The van der Waals surface area contributed by atoms with Crippen molar-refractivity contribution in [1.82, 2.24) is 20.3 Å². The van der Waals surface area contributed by atoms with Gasteiger partial charge in [-0.1, -0.05) is 30.2 Å². The number of benzene rings is 1. The van der Waals surface area contributed by atoms with Crippen LogP contribution in [0, 0.1) is 5.92 Å². The predicted octanol–water partition coefficient (Wildman–Crippen LogP) is 2.33. The third-order valence-electron chi connectivity index (χ3n) is 4.72. The Bertz CT molecular complexity index is 657. The van der Waals surface area contributed by atoms with Crippen LogP contribution in [0.1, 0.15) is 48.9 Å². The van der Waals surface area contributed by atoms with Crippen molar-refractivity contribution in [1.29, 1.82) is 0 Å². The second kappa shape index (κ2) is 8.06. The Kier molecular flexibility index (Phi) is 5.59. The summed E-state index contributed by atoms with van der Waals surface area (Å²) in [4.78, 5) is 12.5. The standard InChI is InChI=1S/C18H24N4O2/c23-17-10-4-1-6-14(17)7-5-11-19-18(24)15-8-2-3-9-16(15)22-13-12-20-21-22/h2-3,8-9,12-14,17,23H,1,4-7,10-11H2,(H,19,24)/t14-,17+/m0/s1. The molecule has 2 atom stereocenters. The average Bonchev–Trinajstić information content (AvgIpc) is 3.14. The quantitative estimate of drug-likeness (QED) is 0.798. The molecule has 2 aromatic rings. The van der Waals surface area contributed by atoms with Crippen molar-refractivity contribution in [2.24, 2.45) is 5.92 Å². The van der Waals surface area contributed by atoms with E-state index in [9.17, 15) is 9.90 Å². The third kappa shape index (κ3) is 4.00. The average molecular weight is 328 g/mol. The Morgan fingerprint density at radius 2 is 2.12 bits per heavy atom. The summed E-state index contributed by atoms with van der Waals surface area (Å²) in [7, 11) is 0. The molecule has 1 heterocycles. The number of hydrogen-bond donors (Lipinski definition) is 2. The van der Waals surface area contributed by atoms with Crippen LogP contribution in [0.3, 0.4) is 0 Å². The maximum Gasteiger partial charge on any atom is 0.253 e. The molecule has 0 spiro atoms. The largest absolute Gasteiger partial charge is 0.393 e. The SMILES string of the molecule is O=C(NCCC[C@@H]1CCCC[C@H]1O)c1ccccc1-n1ccnn1. The van der Waals surface area contributed by atoms with E-state index >= 15 is 0 Å². The fraction of sp³-hybridized carbons (Fsp3) is 0.500. The minimum Gasteiger partial charge on any atom is -0.393 e. The highest BCUT2D eigenvalue weighted by molar-refractivity contribution is 5.97. The summed E-state index contributed by atoms with van der Waals surface area (Å²) in [5.41, 5.74) is 1.30. The number of nitrogens with zero attached hydrogens (tertiary/aromatic N) is 3. The number of para-hydroxylation sites is 1. The molecule has 1 aliphatic rings. The highest BCUT2D eigenvalue weighted by Gasteiger charge is 2.22. The number of rotatable bonds is 6. The lowest BCUT2D eigenvalue weighted by molar-refractivity contribution is 0.0641. The topological polar surface area (TPSA) is 80.0 Å². The lowest BCUT2D eigenvalue weighted by atomic mass is 9.83. The molecule has 1 aliphatic carbocycles. The Hall–Kier alpha value is -2.21. The van der Waals surface area contributed by atoms with Crippen LogP contribution < -0.4 is 5.32 Å². The number of hydrogen-bond acceptors (Lipinski definition) is 4. The van der Waals surface area contributed by atoms with E-state index in [2.05, 4.69) is 15.6 Å². The van der Waals surface area contributed by atoms with Gasteiger partial charge in [0.05, 0.1) is 29.7 Å². The zero-order valence-corrected chi connectivity index (χ0v) is 13.8. The van der Waals surface area contributed by atoms with Gasteiger partial charge in [-0.3, -0.25) is 4.79 Å². The molecule has 24 heavy (non-hydrogen) atoms. The molecule has 1 fully saturated rings. The van der Waals surface area contributed by atoms with Crippen LogP contribution in [0.4, 0.5) is 0 Å². The van der Waals surface area contributed by atoms with Gasteiger partial charge in [0.15, 0.2) is 0 Å². The van der Waals surface area contributed by atoms with Gasteiger partial charge in [0, 0.05) is 6.54 Å². The van der Waals surface area contributed by atoms with Crippen molar-refractivity contribution in [2.75, 3.05) is 6.54 Å². The van der Waals surface area contributed by atoms with Gasteiger partial charge in [0.25, 0.3) is 5.91 Å². The summed E-state index contributed by atoms with van der Waals surface area (Å²) >= 11 is 0. The monoisotopic (exact) mass is 328 g/mol. The van der Waals surface area contributed by atoms with Crippen molar-refractivity contribution in [3.63, 3.8) is 0 Å². The lowest BCUT2D eigenvalue weighted by Crippen LogP contribution is -2.28. The molecule has 2 N–H and O–H groups in total. The van der Waals surface area contributed by atoms with Gasteiger partial charge in [-0.25, -0.2) is 4.68 Å². The van der Waals surface area contributed by atoms with E-state index in [0.29, 0.717) is 18.0 Å². The van der Waals surface area contributed by atoms with Gasteiger partial charge < -0.3 is 10.4 Å². The molecule has 0 radical (unpaired) electrons. The van der Waals surface area contributed by atoms with E-state index < -0.39 is 0 Å². The van der Waals surface area contributed by atoms with Gasteiger partial charge >= 0.3 is 0 Å². The Morgan fingerprint density at radius 1 is 1.29 bits per heavy atom. The van der Waals surface area contributed by atoms with Crippen molar-refractivity contribution < 1.29 is 9.90 Å². The molecule has 1 saturated carbocycles. The Morgan fingerprint density at radius 3 is 2.92 bits per heavy atom. The summed E-state index contributed by atoms with van der Waals surface area (Å²) in [6.07, 6.45) is 9.35. The molecule has 6 heteroatoms. The molecule has 0 bridgehead atoms. The van der Waals surface area contributed by atoms with Gasteiger partial charge in [-0.15, -0.1) is 5.10 Å². The van der Waals surface area contributed by atoms with E-state index in [0.717, 1.165) is 37.8 Å². The summed E-state index contributed by atoms with van der Waals surface area (Å²) < 4.78 is 1.59. The first-order chi connectivity index (χ1) is 11.8. The van der Waals surface area contributed by atoms with E-state index in [1.165, 1.54) is 6.42 Å². The Labute approximate surface area is 141 Å². The first-order valence-corrected chi connectivity index (χ1v) is 8.67. The normalized spacial score (nSPS) is 20.7. The van der Waals surface area contributed by atoms with Crippen molar-refractivity contribution in [2.45, 2.75) is 44.6 Å². The number of nitrogens with one attached hydrogen (secondary N) is 1. The van der Waals surface area contributed by atoms with Gasteiger partial charge in [0.1, 0.15) is 0 Å². The van der Waals surface area contributed by atoms with Crippen molar-refractivity contribution >= 4 is 5.91 Å². The van der Waals surface area contributed by atoms with Crippen LogP contribution in [0.5, 0.6) is 0 Å². The zero-order chi connectivity index (χ0) is 16.8. The fourth-order valence-electron chi connectivity index (χ4n) is 3.39. The van der Waals surface area contributed by atoms with E-state index in [1.54, 1.807) is 23.1 Å². The number of carbonyl (C=O) groups is 1. The van der Waals surface area contributed by atoms with Gasteiger partial charge in [-0.05, 0) is 43.7 Å². The molecule has 1 aromatic carbocycles. The summed E-state index contributed by atoms with van der Waals surface area (Å²) in [5, 5.41) is 20.7. The molecule has 128 valence electrons. The van der Waals surface area contributed by atoms with Crippen LogP contribution in [-0.2, 0) is 0 Å². The predicted molar refractivity (Wildman–Crippen MR) is 90.9 cm³/mol. The molecule has 1 aromatic heterocycles. The summed E-state index contributed by atoms with van der Waals surface area (Å²) in [6, 6.07) is 7.35. The van der Waals surface area contributed by atoms with E-state index in [-0.39, 0.29) is 12.0 Å². The van der Waals surface area contributed by atoms with E-state index in [4.69, 9.17) is 0 Å². The maximum atomic E-state index is 12.5. The van der Waals surface area contributed by atoms with Crippen molar-refractivity contribution in [3.05, 3.63) is 42.2 Å². The van der Waals surface area contributed by atoms with Crippen LogP contribution in [-0.4, -0.2) is 38.7 Å². The number of aromatic nitrogens is 3. The smallest absolute Gasteiger partial charge is 0.253 e. The number of aliphatic hydroxyl groups excluding tert-OH is 1. The highest BCUT2D eigenvalue weighted by atomic mass is 16.3. The molecule has 0 aliphatic heterocycles. The number of carbonyl (C=O) groups excluding carboxylic acids is 1. The summed E-state index contributed by atoms with van der Waals surface area (Å²) in [5.74, 6) is 0.281. The van der Waals surface area contributed by atoms with Crippen LogP contribution in [0.2, 0.25) is 0 Å². The molecule has 0 unspecified atom stereocenters. The molecule has 0 saturated heterocycles.